The molecule has 1 aromatic carbocycles. The third kappa shape index (κ3) is 3.41. The maximum absolute atomic E-state index is 11.8. The predicted molar refractivity (Wildman–Crippen MR) is 90.4 cm³/mol. The lowest BCUT2D eigenvalue weighted by molar-refractivity contribution is -0.151. The van der Waals surface area contributed by atoms with Crippen LogP contribution in [0.2, 0.25) is 0 Å². The monoisotopic (exact) mass is 319 g/mol. The van der Waals surface area contributed by atoms with E-state index in [1.54, 1.807) is 0 Å². The van der Waals surface area contributed by atoms with Crippen LogP contribution in [0.1, 0.15) is 33.0 Å². The van der Waals surface area contributed by atoms with Gasteiger partial charge in [0.1, 0.15) is 11.6 Å². The first-order valence-corrected chi connectivity index (χ1v) is 7.76. The minimum atomic E-state index is -0.539. The molecule has 0 saturated carbocycles. The molecule has 6 nitrogen and oxygen atoms in total. The second-order valence-electron chi connectivity index (χ2n) is 6.27. The molecule has 0 amide bonds. The van der Waals surface area contributed by atoms with Gasteiger partial charge in [0.2, 0.25) is 0 Å². The number of fused-ring (bicyclic) bond motifs is 1. The molecule has 0 fully saturated rings. The Morgan fingerprint density at radius 2 is 2.09 bits per heavy atom. The fraction of sp³-hybridized carbons (Fsp3) is 0.529. The number of imidazole rings is 1. The average Bonchev–Trinajstić information content (AvgIpc) is 2.81. The summed E-state index contributed by atoms with van der Waals surface area (Å²) in [6, 6.07) is 3.74. The first kappa shape index (κ1) is 17.1. The molecule has 0 unspecified atom stereocenters. The number of carbonyl (C=O) groups is 1. The Morgan fingerprint density at radius 1 is 1.39 bits per heavy atom. The fourth-order valence-electron chi connectivity index (χ4n) is 2.59. The van der Waals surface area contributed by atoms with E-state index < -0.39 is 5.41 Å². The number of hydrogen-bond acceptors (Lipinski definition) is 5. The van der Waals surface area contributed by atoms with Gasteiger partial charge in [0.15, 0.2) is 0 Å². The zero-order chi connectivity index (χ0) is 17.2. The summed E-state index contributed by atoms with van der Waals surface area (Å²) in [4.78, 5) is 16.5. The number of nitrogens with two attached hydrogens (primary N) is 1. The number of nitrogens with zero attached hydrogens (tertiary/aromatic N) is 2. The minimum Gasteiger partial charge on any atom is -0.492 e. The Balaban J connectivity index is 2.28. The summed E-state index contributed by atoms with van der Waals surface area (Å²) in [6.45, 7) is 6.24. The van der Waals surface area contributed by atoms with Crippen molar-refractivity contribution in [2.45, 2.75) is 33.6 Å². The lowest BCUT2D eigenvalue weighted by Gasteiger charge is -2.20. The van der Waals surface area contributed by atoms with Gasteiger partial charge >= 0.3 is 5.97 Å². The molecule has 2 aromatic rings. The van der Waals surface area contributed by atoms with Crippen molar-refractivity contribution < 1.29 is 14.3 Å². The summed E-state index contributed by atoms with van der Waals surface area (Å²) in [5.74, 6) is 1.35. The first-order chi connectivity index (χ1) is 10.8. The van der Waals surface area contributed by atoms with Crippen LogP contribution in [0, 0.1) is 5.41 Å². The van der Waals surface area contributed by atoms with E-state index >= 15 is 0 Å². The van der Waals surface area contributed by atoms with Crippen LogP contribution >= 0.6 is 0 Å². The van der Waals surface area contributed by atoms with E-state index in [1.165, 1.54) is 7.11 Å². The minimum absolute atomic E-state index is 0.209. The number of rotatable bonds is 6. The SMILES string of the molecule is CCOc1cc2nc(CCC(C)(C)C(=O)OC)n(C)c2cc1N. The smallest absolute Gasteiger partial charge is 0.311 e. The lowest BCUT2D eigenvalue weighted by atomic mass is 9.88. The van der Waals surface area contributed by atoms with Gasteiger partial charge in [-0.25, -0.2) is 4.98 Å². The number of nitrogen functional groups attached to an aromatic ring is 1. The van der Waals surface area contributed by atoms with E-state index in [9.17, 15) is 4.79 Å². The second-order valence-corrected chi connectivity index (χ2v) is 6.27. The number of ether oxygens (including phenoxy) is 2. The molecule has 0 aliphatic heterocycles. The van der Waals surface area contributed by atoms with E-state index in [1.807, 2.05) is 44.5 Å². The third-order valence-electron chi connectivity index (χ3n) is 4.12. The van der Waals surface area contributed by atoms with Crippen LogP contribution in [-0.2, 0) is 23.0 Å². The van der Waals surface area contributed by atoms with Gasteiger partial charge < -0.3 is 19.8 Å². The van der Waals surface area contributed by atoms with Gasteiger partial charge in [-0.15, -0.1) is 0 Å². The lowest BCUT2D eigenvalue weighted by Crippen LogP contribution is -2.26. The van der Waals surface area contributed by atoms with E-state index in [0.717, 1.165) is 16.9 Å². The van der Waals surface area contributed by atoms with Crippen molar-refractivity contribution in [2.75, 3.05) is 19.5 Å². The summed E-state index contributed by atoms with van der Waals surface area (Å²) < 4.78 is 12.4. The topological polar surface area (TPSA) is 79.4 Å². The van der Waals surface area contributed by atoms with Crippen molar-refractivity contribution in [3.63, 3.8) is 0 Å². The summed E-state index contributed by atoms with van der Waals surface area (Å²) in [5.41, 5.74) is 7.88. The van der Waals surface area contributed by atoms with Crippen molar-refractivity contribution in [3.05, 3.63) is 18.0 Å². The predicted octanol–water partition coefficient (Wildman–Crippen LogP) is 2.69. The molecule has 1 aromatic heterocycles. The summed E-state index contributed by atoms with van der Waals surface area (Å²) in [7, 11) is 3.37. The summed E-state index contributed by atoms with van der Waals surface area (Å²) in [6.07, 6.45) is 1.34. The molecule has 126 valence electrons. The molecular weight excluding hydrogens is 294 g/mol. The average molecular weight is 319 g/mol. The number of hydrogen-bond donors (Lipinski definition) is 1. The number of aryl methyl sites for hydroxylation is 2. The normalized spacial score (nSPS) is 11.7. The molecule has 23 heavy (non-hydrogen) atoms. The van der Waals surface area contributed by atoms with Crippen molar-refractivity contribution in [1.82, 2.24) is 9.55 Å². The molecule has 0 aliphatic rings. The van der Waals surface area contributed by atoms with Crippen LogP contribution in [0.4, 0.5) is 5.69 Å². The third-order valence-corrected chi connectivity index (χ3v) is 4.12. The van der Waals surface area contributed by atoms with Gasteiger partial charge in [0.05, 0.1) is 35.9 Å². The molecule has 2 rings (SSSR count). The van der Waals surface area contributed by atoms with Crippen molar-refractivity contribution in [2.24, 2.45) is 12.5 Å². The molecule has 0 radical (unpaired) electrons. The van der Waals surface area contributed by atoms with Gasteiger partial charge in [-0.1, -0.05) is 0 Å². The Labute approximate surface area is 136 Å². The van der Waals surface area contributed by atoms with Crippen LogP contribution in [-0.4, -0.2) is 29.2 Å². The molecule has 0 spiro atoms. The Bertz CT molecular complexity index is 719. The van der Waals surface area contributed by atoms with Gasteiger partial charge in [0, 0.05) is 19.5 Å². The van der Waals surface area contributed by atoms with Gasteiger partial charge in [-0.3, -0.25) is 4.79 Å². The van der Waals surface area contributed by atoms with Crippen LogP contribution in [0.15, 0.2) is 12.1 Å². The first-order valence-electron chi connectivity index (χ1n) is 7.76. The van der Waals surface area contributed by atoms with E-state index in [4.69, 9.17) is 15.2 Å². The van der Waals surface area contributed by atoms with Crippen LogP contribution < -0.4 is 10.5 Å². The highest BCUT2D eigenvalue weighted by Gasteiger charge is 2.29. The Morgan fingerprint density at radius 3 is 2.70 bits per heavy atom. The largest absolute Gasteiger partial charge is 0.492 e. The van der Waals surface area contributed by atoms with Gasteiger partial charge in [-0.05, 0) is 33.3 Å². The number of esters is 1. The fourth-order valence-corrected chi connectivity index (χ4v) is 2.59. The van der Waals surface area contributed by atoms with Crippen molar-refractivity contribution >= 4 is 22.7 Å². The summed E-state index contributed by atoms with van der Waals surface area (Å²) in [5, 5.41) is 0. The highest BCUT2D eigenvalue weighted by molar-refractivity contribution is 5.83. The molecular formula is C17H25N3O3. The molecule has 0 atom stereocenters. The zero-order valence-corrected chi connectivity index (χ0v) is 14.5. The van der Waals surface area contributed by atoms with Gasteiger partial charge in [0.25, 0.3) is 0 Å². The zero-order valence-electron chi connectivity index (χ0n) is 14.5. The number of anilines is 1. The molecule has 6 heteroatoms. The number of carbonyl (C=O) groups excluding carboxylic acids is 1. The molecule has 2 N–H and O–H groups in total. The highest BCUT2D eigenvalue weighted by atomic mass is 16.5. The van der Waals surface area contributed by atoms with E-state index in [0.29, 0.717) is 30.9 Å². The van der Waals surface area contributed by atoms with Crippen LogP contribution in [0.25, 0.3) is 11.0 Å². The standard InChI is InChI=1S/C17H25N3O3/c1-6-23-14-10-12-13(9-11(14)18)20(4)15(19-12)7-8-17(2,3)16(21)22-5/h9-10H,6-8,18H2,1-5H3. The number of aromatic nitrogens is 2. The Kier molecular flexibility index (Phi) is 4.82. The van der Waals surface area contributed by atoms with Crippen LogP contribution in [0.3, 0.4) is 0 Å². The highest BCUT2D eigenvalue weighted by Crippen LogP contribution is 2.30. The van der Waals surface area contributed by atoms with Crippen LogP contribution in [0.5, 0.6) is 5.75 Å². The number of methoxy groups -OCH3 is 1. The second kappa shape index (κ2) is 6.48. The Hall–Kier alpha value is -2.24. The molecule has 0 saturated heterocycles. The maximum atomic E-state index is 11.8. The van der Waals surface area contributed by atoms with Crippen molar-refractivity contribution in [1.29, 1.82) is 0 Å². The quantitative estimate of drug-likeness (QED) is 0.654. The van der Waals surface area contributed by atoms with E-state index in [-0.39, 0.29) is 5.97 Å². The molecule has 1 heterocycles. The summed E-state index contributed by atoms with van der Waals surface area (Å²) >= 11 is 0. The van der Waals surface area contributed by atoms with Crippen molar-refractivity contribution in [3.8, 4) is 5.75 Å². The maximum Gasteiger partial charge on any atom is 0.311 e. The molecule has 0 bridgehead atoms. The number of benzene rings is 1. The van der Waals surface area contributed by atoms with Gasteiger partial charge in [-0.2, -0.15) is 0 Å². The molecule has 0 aliphatic carbocycles. The van der Waals surface area contributed by atoms with E-state index in [2.05, 4.69) is 4.98 Å².